The van der Waals surface area contributed by atoms with Crippen LogP contribution in [0.5, 0.6) is 0 Å². The molecule has 1 aromatic heterocycles. The molecule has 0 aromatic carbocycles. The average Bonchev–Trinajstić information content (AvgIpc) is 2.48. The third-order valence-corrected chi connectivity index (χ3v) is 3.91. The summed E-state index contributed by atoms with van der Waals surface area (Å²) in [6.07, 6.45) is 0.738. The topological polar surface area (TPSA) is 133 Å². The molecule has 1 heterocycles. The third kappa shape index (κ3) is 5.40. The van der Waals surface area contributed by atoms with Gasteiger partial charge in [-0.3, -0.25) is 4.79 Å². The van der Waals surface area contributed by atoms with Crippen LogP contribution >= 0.6 is 11.8 Å². The van der Waals surface area contributed by atoms with Crippen LogP contribution in [0, 0.1) is 5.92 Å². The third-order valence-electron chi connectivity index (χ3n) is 3.06. The van der Waals surface area contributed by atoms with Crippen LogP contribution in [-0.2, 0) is 14.3 Å². The van der Waals surface area contributed by atoms with Crippen LogP contribution in [0.3, 0.4) is 0 Å². The van der Waals surface area contributed by atoms with Crippen LogP contribution in [0.2, 0.25) is 0 Å². The average molecular weight is 327 g/mol. The van der Waals surface area contributed by atoms with Crippen molar-refractivity contribution in [2.45, 2.75) is 31.5 Å². The number of hydrogen-bond acceptors (Lipinski definition) is 8. The molecule has 0 saturated carbocycles. The highest BCUT2D eigenvalue weighted by atomic mass is 32.2. The first kappa shape index (κ1) is 18.0. The highest BCUT2D eigenvalue weighted by molar-refractivity contribution is 7.99. The molecule has 9 heteroatoms. The van der Waals surface area contributed by atoms with Crippen LogP contribution in [-0.4, -0.2) is 40.7 Å². The minimum Gasteiger partial charge on any atom is -0.467 e. The van der Waals surface area contributed by atoms with Crippen molar-refractivity contribution in [3.8, 4) is 0 Å². The lowest BCUT2D eigenvalue weighted by atomic mass is 9.99. The quantitative estimate of drug-likeness (QED) is 0.373. The molecule has 1 aromatic rings. The lowest BCUT2D eigenvalue weighted by molar-refractivity contribution is -0.146. The molecule has 5 N–H and O–H groups in total. The van der Waals surface area contributed by atoms with Crippen LogP contribution < -0.4 is 16.8 Å². The number of ether oxygens (including phenoxy) is 1. The van der Waals surface area contributed by atoms with E-state index in [0.29, 0.717) is 5.16 Å². The van der Waals surface area contributed by atoms with Crippen molar-refractivity contribution in [2.75, 3.05) is 24.3 Å². The Kier molecular flexibility index (Phi) is 6.90. The van der Waals surface area contributed by atoms with Crippen molar-refractivity contribution in [3.05, 3.63) is 6.07 Å². The van der Waals surface area contributed by atoms with E-state index < -0.39 is 12.0 Å². The molecule has 0 aliphatic heterocycles. The first-order chi connectivity index (χ1) is 10.4. The summed E-state index contributed by atoms with van der Waals surface area (Å²) in [4.78, 5) is 31.6. The van der Waals surface area contributed by atoms with Gasteiger partial charge in [0.05, 0.1) is 12.9 Å². The fraction of sp³-hybridized carbons (Fsp3) is 0.538. The maximum absolute atomic E-state index is 12.0. The molecule has 0 bridgehead atoms. The maximum Gasteiger partial charge on any atom is 0.328 e. The summed E-state index contributed by atoms with van der Waals surface area (Å²) >= 11 is 1.09. The number of nitrogen functional groups attached to an aromatic ring is 2. The fourth-order valence-corrected chi connectivity index (χ4v) is 2.35. The van der Waals surface area contributed by atoms with Gasteiger partial charge < -0.3 is 21.5 Å². The molecular formula is C13H21N5O3S. The van der Waals surface area contributed by atoms with E-state index in [1.807, 2.05) is 13.8 Å². The summed E-state index contributed by atoms with van der Waals surface area (Å²) in [6, 6.07) is 0.760. The predicted molar refractivity (Wildman–Crippen MR) is 85.0 cm³/mol. The van der Waals surface area contributed by atoms with Crippen LogP contribution in [0.25, 0.3) is 0 Å². The molecule has 2 unspecified atom stereocenters. The number of rotatable bonds is 7. The number of carbonyl (C=O) groups is 2. The Hall–Kier alpha value is -2.03. The number of thioether (sulfide) groups is 1. The Morgan fingerprint density at radius 1 is 1.36 bits per heavy atom. The number of carbonyl (C=O) groups excluding carboxylic acids is 2. The SMILES string of the molecule is CCC(C)C(NC(=O)CSc1nc(N)cc(N)n1)C(=O)OC. The maximum atomic E-state index is 12.0. The summed E-state index contributed by atoms with van der Waals surface area (Å²) < 4.78 is 4.71. The van der Waals surface area contributed by atoms with Gasteiger partial charge in [-0.1, -0.05) is 32.0 Å². The normalized spacial score (nSPS) is 13.2. The number of amides is 1. The number of nitrogens with two attached hydrogens (primary N) is 2. The van der Waals surface area contributed by atoms with Gasteiger partial charge in [-0.2, -0.15) is 0 Å². The fourth-order valence-electron chi connectivity index (χ4n) is 1.67. The first-order valence-electron chi connectivity index (χ1n) is 6.77. The first-order valence-corrected chi connectivity index (χ1v) is 7.76. The molecule has 0 saturated heterocycles. The highest BCUT2D eigenvalue weighted by Crippen LogP contribution is 2.16. The van der Waals surface area contributed by atoms with Gasteiger partial charge in [-0.15, -0.1) is 0 Å². The van der Waals surface area contributed by atoms with E-state index >= 15 is 0 Å². The summed E-state index contributed by atoms with van der Waals surface area (Å²) in [5.74, 6) is -0.277. The van der Waals surface area contributed by atoms with Gasteiger partial charge in [0.25, 0.3) is 0 Å². The van der Waals surface area contributed by atoms with Gasteiger partial charge in [0.2, 0.25) is 5.91 Å². The van der Waals surface area contributed by atoms with E-state index in [0.717, 1.165) is 18.2 Å². The molecule has 1 amide bonds. The molecule has 0 aliphatic rings. The number of anilines is 2. The second kappa shape index (κ2) is 8.42. The predicted octanol–water partition coefficient (Wildman–Crippen LogP) is 0.437. The van der Waals surface area contributed by atoms with E-state index in [1.165, 1.54) is 13.2 Å². The molecule has 122 valence electrons. The number of hydrogen-bond donors (Lipinski definition) is 3. The van der Waals surface area contributed by atoms with Crippen molar-refractivity contribution in [1.29, 1.82) is 0 Å². The van der Waals surface area contributed by atoms with Crippen LogP contribution in [0.1, 0.15) is 20.3 Å². The molecular weight excluding hydrogens is 306 g/mol. The van der Waals surface area contributed by atoms with Crippen molar-refractivity contribution < 1.29 is 14.3 Å². The molecule has 1 rings (SSSR count). The minimum absolute atomic E-state index is 0.0272. The van der Waals surface area contributed by atoms with Crippen molar-refractivity contribution in [1.82, 2.24) is 15.3 Å². The Balaban J connectivity index is 2.62. The minimum atomic E-state index is -0.671. The van der Waals surface area contributed by atoms with Crippen LogP contribution in [0.4, 0.5) is 11.6 Å². The van der Waals surface area contributed by atoms with Gasteiger partial charge in [-0.05, 0) is 5.92 Å². The molecule has 0 fully saturated rings. The Bertz CT molecular complexity index is 520. The number of esters is 1. The molecule has 0 aliphatic carbocycles. The summed E-state index contributed by atoms with van der Waals surface area (Å²) in [7, 11) is 1.29. The zero-order valence-electron chi connectivity index (χ0n) is 12.8. The van der Waals surface area contributed by atoms with E-state index in [-0.39, 0.29) is 29.2 Å². The zero-order chi connectivity index (χ0) is 16.7. The molecule has 2 atom stereocenters. The van der Waals surface area contributed by atoms with Crippen molar-refractivity contribution in [2.24, 2.45) is 5.92 Å². The van der Waals surface area contributed by atoms with E-state index in [2.05, 4.69) is 15.3 Å². The largest absolute Gasteiger partial charge is 0.467 e. The molecule has 0 radical (unpaired) electrons. The van der Waals surface area contributed by atoms with Crippen molar-refractivity contribution in [3.63, 3.8) is 0 Å². The number of nitrogens with one attached hydrogen (secondary N) is 1. The lowest BCUT2D eigenvalue weighted by Crippen LogP contribution is -2.46. The van der Waals surface area contributed by atoms with Crippen molar-refractivity contribution >= 4 is 35.3 Å². The monoisotopic (exact) mass is 327 g/mol. The summed E-state index contributed by atoms with van der Waals surface area (Å²) in [5.41, 5.74) is 11.1. The number of aromatic nitrogens is 2. The van der Waals surface area contributed by atoms with Gasteiger partial charge in [-0.25, -0.2) is 14.8 Å². The smallest absolute Gasteiger partial charge is 0.328 e. The second-order valence-electron chi connectivity index (χ2n) is 4.74. The van der Waals surface area contributed by atoms with Gasteiger partial charge >= 0.3 is 5.97 Å². The van der Waals surface area contributed by atoms with Gasteiger partial charge in [0.1, 0.15) is 17.7 Å². The second-order valence-corrected chi connectivity index (χ2v) is 5.69. The van der Waals surface area contributed by atoms with Gasteiger partial charge in [0, 0.05) is 6.07 Å². The Morgan fingerprint density at radius 3 is 2.45 bits per heavy atom. The molecule has 0 spiro atoms. The molecule has 22 heavy (non-hydrogen) atoms. The van der Waals surface area contributed by atoms with E-state index in [1.54, 1.807) is 0 Å². The number of nitrogens with zero attached hydrogens (tertiary/aromatic N) is 2. The van der Waals surface area contributed by atoms with Gasteiger partial charge in [0.15, 0.2) is 5.16 Å². The number of methoxy groups -OCH3 is 1. The Labute approximate surface area is 133 Å². The van der Waals surface area contributed by atoms with E-state index in [9.17, 15) is 9.59 Å². The standard InChI is InChI=1S/C13H21N5O3S/c1-4-7(2)11(12(20)21-3)18-10(19)6-22-13-16-8(14)5-9(15)17-13/h5,7,11H,4,6H2,1-3H3,(H,18,19)(H4,14,15,16,17). The summed E-state index contributed by atoms with van der Waals surface area (Å²) in [6.45, 7) is 3.81. The summed E-state index contributed by atoms with van der Waals surface area (Å²) in [5, 5.41) is 2.98. The highest BCUT2D eigenvalue weighted by Gasteiger charge is 2.26. The van der Waals surface area contributed by atoms with E-state index in [4.69, 9.17) is 16.2 Å². The van der Waals surface area contributed by atoms with Crippen LogP contribution in [0.15, 0.2) is 11.2 Å². The Morgan fingerprint density at radius 2 is 1.95 bits per heavy atom. The zero-order valence-corrected chi connectivity index (χ0v) is 13.6. The molecule has 8 nitrogen and oxygen atoms in total. The lowest BCUT2D eigenvalue weighted by Gasteiger charge is -2.21.